The van der Waals surface area contributed by atoms with Crippen molar-refractivity contribution in [2.75, 3.05) is 26.2 Å². The molecule has 126 valence electrons. The summed E-state index contributed by atoms with van der Waals surface area (Å²) in [6.07, 6.45) is 0.790. The van der Waals surface area contributed by atoms with Gasteiger partial charge in [-0.05, 0) is 18.1 Å². The van der Waals surface area contributed by atoms with Gasteiger partial charge in [-0.1, -0.05) is 41.9 Å². The van der Waals surface area contributed by atoms with Crippen molar-refractivity contribution >= 4 is 34.8 Å². The van der Waals surface area contributed by atoms with E-state index in [0.29, 0.717) is 36.1 Å². The van der Waals surface area contributed by atoms with Crippen LogP contribution in [0.2, 0.25) is 4.34 Å². The lowest BCUT2D eigenvalue weighted by Gasteiger charge is -2.21. The predicted molar refractivity (Wildman–Crippen MR) is 97.5 cm³/mol. The maximum Gasteiger partial charge on any atom is 0.256 e. The second-order valence-corrected chi connectivity index (χ2v) is 7.47. The molecule has 2 amide bonds. The Kier molecular flexibility index (Phi) is 5.21. The maximum absolute atomic E-state index is 12.8. The Bertz CT molecular complexity index is 745. The highest BCUT2D eigenvalue weighted by Crippen LogP contribution is 2.35. The van der Waals surface area contributed by atoms with Crippen LogP contribution in [-0.4, -0.2) is 47.8 Å². The Morgan fingerprint density at radius 3 is 2.42 bits per heavy atom. The standard InChI is InChI=1S/C18H19ClN2O2S/c1-13(22)20-8-5-9-21(11-10-20)18(23)15-12-16(24-17(15)19)14-6-3-2-4-7-14/h2-4,6-7,12H,5,8-11H2,1H3. The molecule has 0 saturated carbocycles. The van der Waals surface area contributed by atoms with Crippen LogP contribution in [0, 0.1) is 0 Å². The van der Waals surface area contributed by atoms with E-state index in [1.54, 1.807) is 16.7 Å². The molecule has 0 aliphatic carbocycles. The molecule has 1 aromatic carbocycles. The highest BCUT2D eigenvalue weighted by molar-refractivity contribution is 7.19. The van der Waals surface area contributed by atoms with E-state index in [1.807, 2.05) is 36.4 Å². The van der Waals surface area contributed by atoms with Gasteiger partial charge in [-0.15, -0.1) is 11.3 Å². The highest BCUT2D eigenvalue weighted by Gasteiger charge is 2.24. The monoisotopic (exact) mass is 362 g/mol. The number of thiophene rings is 1. The minimum absolute atomic E-state index is 0.0520. The first-order valence-corrected chi connectivity index (χ1v) is 9.15. The average molecular weight is 363 g/mol. The van der Waals surface area contributed by atoms with Gasteiger partial charge in [0, 0.05) is 38.0 Å². The maximum atomic E-state index is 12.8. The molecule has 6 heteroatoms. The molecular formula is C18H19ClN2O2S. The molecule has 0 N–H and O–H groups in total. The molecule has 1 aromatic heterocycles. The number of carbonyl (C=O) groups is 2. The van der Waals surface area contributed by atoms with Crippen LogP contribution in [0.1, 0.15) is 23.7 Å². The van der Waals surface area contributed by atoms with Crippen molar-refractivity contribution in [3.8, 4) is 10.4 Å². The van der Waals surface area contributed by atoms with Crippen molar-refractivity contribution in [2.24, 2.45) is 0 Å². The first-order chi connectivity index (χ1) is 11.6. The summed E-state index contributed by atoms with van der Waals surface area (Å²) in [5.74, 6) is 0.00746. The fraction of sp³-hybridized carbons (Fsp3) is 0.333. The van der Waals surface area contributed by atoms with Gasteiger partial charge in [0.15, 0.2) is 0 Å². The number of halogens is 1. The summed E-state index contributed by atoms with van der Waals surface area (Å²) in [7, 11) is 0. The Hall–Kier alpha value is -1.85. The lowest BCUT2D eigenvalue weighted by Crippen LogP contribution is -2.36. The first-order valence-electron chi connectivity index (χ1n) is 7.96. The molecule has 0 radical (unpaired) electrons. The summed E-state index contributed by atoms with van der Waals surface area (Å²) in [6, 6.07) is 11.8. The van der Waals surface area contributed by atoms with E-state index in [2.05, 4.69) is 0 Å². The predicted octanol–water partition coefficient (Wildman–Crippen LogP) is 3.76. The molecule has 0 unspecified atom stereocenters. The Balaban J connectivity index is 1.78. The van der Waals surface area contributed by atoms with E-state index < -0.39 is 0 Å². The summed E-state index contributed by atoms with van der Waals surface area (Å²) in [5.41, 5.74) is 1.61. The van der Waals surface area contributed by atoms with Gasteiger partial charge in [0.2, 0.25) is 5.91 Å². The third-order valence-corrected chi connectivity index (χ3v) is 5.61. The number of nitrogens with zero attached hydrogens (tertiary/aromatic N) is 2. The molecule has 3 rings (SSSR count). The van der Waals surface area contributed by atoms with Crippen LogP contribution in [0.3, 0.4) is 0 Å². The first kappa shape index (κ1) is 17.0. The quantitative estimate of drug-likeness (QED) is 0.816. The van der Waals surface area contributed by atoms with Crippen LogP contribution in [0.25, 0.3) is 10.4 Å². The number of hydrogen-bond acceptors (Lipinski definition) is 3. The van der Waals surface area contributed by atoms with Gasteiger partial charge in [-0.3, -0.25) is 9.59 Å². The third-order valence-electron chi connectivity index (χ3n) is 4.20. The smallest absolute Gasteiger partial charge is 0.256 e. The molecule has 0 atom stereocenters. The Morgan fingerprint density at radius 2 is 1.71 bits per heavy atom. The van der Waals surface area contributed by atoms with Crippen LogP contribution in [0.4, 0.5) is 0 Å². The number of rotatable bonds is 2. The third kappa shape index (κ3) is 3.62. The van der Waals surface area contributed by atoms with Crippen molar-refractivity contribution in [2.45, 2.75) is 13.3 Å². The van der Waals surface area contributed by atoms with Crippen molar-refractivity contribution < 1.29 is 9.59 Å². The molecule has 1 aliphatic rings. The second kappa shape index (κ2) is 7.36. The van der Waals surface area contributed by atoms with E-state index in [4.69, 9.17) is 11.6 Å². The van der Waals surface area contributed by atoms with E-state index in [-0.39, 0.29) is 11.8 Å². The molecule has 0 spiro atoms. The highest BCUT2D eigenvalue weighted by atomic mass is 35.5. The Labute approximate surface area is 150 Å². The van der Waals surface area contributed by atoms with E-state index in [1.165, 1.54) is 11.3 Å². The Morgan fingerprint density at radius 1 is 1.04 bits per heavy atom. The summed E-state index contributed by atoms with van der Waals surface area (Å²) in [6.45, 7) is 4.04. The summed E-state index contributed by atoms with van der Waals surface area (Å²) < 4.78 is 0.520. The molecule has 0 bridgehead atoms. The van der Waals surface area contributed by atoms with Gasteiger partial charge in [-0.2, -0.15) is 0 Å². The fourth-order valence-corrected chi connectivity index (χ4v) is 4.13. The molecule has 1 saturated heterocycles. The zero-order chi connectivity index (χ0) is 17.1. The van der Waals surface area contributed by atoms with E-state index in [0.717, 1.165) is 16.9 Å². The van der Waals surface area contributed by atoms with Crippen molar-refractivity contribution in [1.82, 2.24) is 9.80 Å². The van der Waals surface area contributed by atoms with Gasteiger partial charge in [0.1, 0.15) is 4.34 Å². The molecule has 1 aliphatic heterocycles. The summed E-state index contributed by atoms with van der Waals surface area (Å²) in [5, 5.41) is 0. The molecule has 2 aromatic rings. The molecule has 4 nitrogen and oxygen atoms in total. The molecular weight excluding hydrogens is 344 g/mol. The van der Waals surface area contributed by atoms with Crippen LogP contribution < -0.4 is 0 Å². The van der Waals surface area contributed by atoms with E-state index >= 15 is 0 Å². The van der Waals surface area contributed by atoms with Crippen LogP contribution in [-0.2, 0) is 4.79 Å². The largest absolute Gasteiger partial charge is 0.341 e. The van der Waals surface area contributed by atoms with Gasteiger partial charge in [-0.25, -0.2) is 0 Å². The van der Waals surface area contributed by atoms with Crippen LogP contribution in [0.5, 0.6) is 0 Å². The summed E-state index contributed by atoms with van der Waals surface area (Å²) >= 11 is 7.76. The molecule has 1 fully saturated rings. The molecule has 24 heavy (non-hydrogen) atoms. The lowest BCUT2D eigenvalue weighted by molar-refractivity contribution is -0.128. The number of benzene rings is 1. The number of carbonyl (C=O) groups excluding carboxylic acids is 2. The average Bonchev–Trinajstić information content (AvgIpc) is 2.81. The lowest BCUT2D eigenvalue weighted by atomic mass is 10.1. The van der Waals surface area contributed by atoms with Crippen molar-refractivity contribution in [3.05, 3.63) is 46.3 Å². The zero-order valence-corrected chi connectivity index (χ0v) is 15.1. The summed E-state index contributed by atoms with van der Waals surface area (Å²) in [4.78, 5) is 28.9. The number of amides is 2. The SMILES string of the molecule is CC(=O)N1CCCN(C(=O)c2cc(-c3ccccc3)sc2Cl)CC1. The van der Waals surface area contributed by atoms with Crippen LogP contribution in [0.15, 0.2) is 36.4 Å². The molecule has 2 heterocycles. The van der Waals surface area contributed by atoms with Gasteiger partial charge < -0.3 is 9.80 Å². The topological polar surface area (TPSA) is 40.6 Å². The van der Waals surface area contributed by atoms with Gasteiger partial charge >= 0.3 is 0 Å². The normalized spacial score (nSPS) is 15.2. The van der Waals surface area contributed by atoms with Gasteiger partial charge in [0.25, 0.3) is 5.91 Å². The van der Waals surface area contributed by atoms with E-state index in [9.17, 15) is 9.59 Å². The van der Waals surface area contributed by atoms with Gasteiger partial charge in [0.05, 0.1) is 5.56 Å². The fourth-order valence-electron chi connectivity index (χ4n) is 2.87. The number of hydrogen-bond donors (Lipinski definition) is 0. The van der Waals surface area contributed by atoms with Crippen LogP contribution >= 0.6 is 22.9 Å². The van der Waals surface area contributed by atoms with Crippen molar-refractivity contribution in [3.63, 3.8) is 0 Å². The zero-order valence-electron chi connectivity index (χ0n) is 13.5. The minimum Gasteiger partial charge on any atom is -0.341 e. The second-order valence-electron chi connectivity index (χ2n) is 5.82. The minimum atomic E-state index is -0.0520. The van der Waals surface area contributed by atoms with Crippen molar-refractivity contribution in [1.29, 1.82) is 0 Å².